The van der Waals surface area contributed by atoms with E-state index in [-0.39, 0.29) is 6.61 Å². The van der Waals surface area contributed by atoms with Gasteiger partial charge in [-0.25, -0.2) is 0 Å². The van der Waals surface area contributed by atoms with Crippen LogP contribution < -0.4 is 0 Å². The molecular weight excluding hydrogens is 187 g/mol. The molecule has 0 radical (unpaired) electrons. The Hall–Kier alpha value is 0.490. The maximum atomic E-state index is 9.04. The van der Waals surface area contributed by atoms with E-state index in [0.29, 0.717) is 6.42 Å². The maximum Gasteiger partial charge on any atom is 0.324 e. The molecule has 0 aliphatic carbocycles. The van der Waals surface area contributed by atoms with Crippen LogP contribution in [0.4, 0.5) is 0 Å². The predicted molar refractivity (Wildman–Crippen MR) is 45.8 cm³/mol. The van der Waals surface area contributed by atoms with Crippen molar-refractivity contribution in [3.05, 3.63) is 0 Å². The first-order chi connectivity index (χ1) is 5.02. The summed E-state index contributed by atoms with van der Waals surface area (Å²) >= 11 is 4.52. The van der Waals surface area contributed by atoms with Gasteiger partial charge in [0.25, 0.3) is 0 Å². The van der Waals surface area contributed by atoms with E-state index in [4.69, 9.17) is 14.5 Å². The van der Waals surface area contributed by atoms with Crippen molar-refractivity contribution in [2.75, 3.05) is 13.7 Å². The zero-order valence-electron chi connectivity index (χ0n) is 6.56. The molecule has 4 nitrogen and oxygen atoms in total. The topological polar surface area (TPSA) is 58.9 Å². The molecule has 0 aromatic heterocycles. The van der Waals surface area contributed by atoms with Gasteiger partial charge in [0.1, 0.15) is 0 Å². The Kier molecular flexibility index (Phi) is 5.42. The second kappa shape index (κ2) is 5.19. The molecule has 0 fully saturated rings. The third-order valence-corrected chi connectivity index (χ3v) is 2.83. The minimum absolute atomic E-state index is 0.0259. The Morgan fingerprint density at radius 2 is 2.18 bits per heavy atom. The average Bonchev–Trinajstić information content (AvgIpc) is 2.00. The van der Waals surface area contributed by atoms with Gasteiger partial charge in [-0.1, -0.05) is 6.92 Å². The quantitative estimate of drug-likeness (QED) is 0.638. The van der Waals surface area contributed by atoms with Crippen LogP contribution in [0.25, 0.3) is 0 Å². The molecule has 0 aromatic rings. The number of aliphatic hydroxyl groups is 1. The largest absolute Gasteiger partial charge is 0.391 e. The highest BCUT2D eigenvalue weighted by molar-refractivity contribution is 8.07. The Morgan fingerprint density at radius 1 is 1.64 bits per heavy atom. The Bertz CT molecular complexity index is 151. The van der Waals surface area contributed by atoms with Gasteiger partial charge in [-0.2, -0.15) is 0 Å². The molecule has 0 amide bonds. The van der Waals surface area contributed by atoms with E-state index >= 15 is 0 Å². The van der Waals surface area contributed by atoms with Gasteiger partial charge in [-0.15, -0.1) is 0 Å². The van der Waals surface area contributed by atoms with E-state index in [0.717, 1.165) is 0 Å². The van der Waals surface area contributed by atoms with Crippen LogP contribution in [0.15, 0.2) is 0 Å². The second-order valence-corrected chi connectivity index (χ2v) is 4.95. The summed E-state index contributed by atoms with van der Waals surface area (Å²) in [5.41, 5.74) is 0. The van der Waals surface area contributed by atoms with Crippen LogP contribution >= 0.6 is 6.72 Å². The molecule has 0 saturated heterocycles. The normalized spacial score (nSPS) is 19.3. The molecule has 68 valence electrons. The summed E-state index contributed by atoms with van der Waals surface area (Å²) < 4.78 is 9.22. The lowest BCUT2D eigenvalue weighted by Crippen LogP contribution is -2.12. The first-order valence-electron chi connectivity index (χ1n) is 3.23. The molecule has 0 aliphatic heterocycles. The number of aliphatic hydroxyl groups excluding tert-OH is 1. The maximum absolute atomic E-state index is 9.04. The van der Waals surface area contributed by atoms with E-state index in [1.165, 1.54) is 7.11 Å². The summed E-state index contributed by atoms with van der Waals surface area (Å²) in [6.07, 6.45) is -0.0152. The van der Waals surface area contributed by atoms with Gasteiger partial charge in [-0.05, 0) is 18.2 Å². The Balaban J connectivity index is 3.61. The summed E-state index contributed by atoms with van der Waals surface area (Å²) in [6, 6.07) is 0. The van der Waals surface area contributed by atoms with Gasteiger partial charge in [0, 0.05) is 7.11 Å². The zero-order chi connectivity index (χ0) is 8.91. The van der Waals surface area contributed by atoms with E-state index < -0.39 is 12.8 Å². The first-order valence-corrected chi connectivity index (χ1v) is 5.82. The Labute approximate surface area is 71.4 Å². The first kappa shape index (κ1) is 11.5. The molecule has 2 atom stereocenters. The van der Waals surface area contributed by atoms with E-state index in [1.54, 1.807) is 0 Å². The lowest BCUT2D eigenvalue weighted by atomic mass is 10.3. The van der Waals surface area contributed by atoms with E-state index in [2.05, 4.69) is 16.3 Å². The van der Waals surface area contributed by atoms with Gasteiger partial charge >= 0.3 is 6.72 Å². The van der Waals surface area contributed by atoms with Crippen LogP contribution in [0.3, 0.4) is 0 Å². The van der Waals surface area contributed by atoms with Crippen molar-refractivity contribution in [3.63, 3.8) is 0 Å². The van der Waals surface area contributed by atoms with Crippen molar-refractivity contribution in [1.82, 2.24) is 0 Å². The van der Waals surface area contributed by atoms with Crippen molar-refractivity contribution >= 4 is 18.5 Å². The SMILES string of the molecule is CCC(O)COP(O)(=S)OC. The van der Waals surface area contributed by atoms with E-state index in [9.17, 15) is 0 Å². The van der Waals surface area contributed by atoms with Crippen LogP contribution in [0.1, 0.15) is 13.3 Å². The summed E-state index contributed by atoms with van der Waals surface area (Å²) in [5.74, 6) is 0. The molecule has 0 spiro atoms. The highest BCUT2D eigenvalue weighted by atomic mass is 32.5. The molecule has 0 aromatic carbocycles. The van der Waals surface area contributed by atoms with Gasteiger partial charge in [-0.3, -0.25) is 0 Å². The fourth-order valence-electron chi connectivity index (χ4n) is 0.351. The number of hydrogen-bond donors (Lipinski definition) is 2. The average molecular weight is 200 g/mol. The standard InChI is InChI=1S/C5H13O4PS/c1-3-5(6)4-9-10(7,11)8-2/h5-6H,3-4H2,1-2H3,(H,7,11). The summed E-state index contributed by atoms with van der Waals surface area (Å²) in [7, 11) is 1.28. The summed E-state index contributed by atoms with van der Waals surface area (Å²) in [5, 5.41) is 9.00. The van der Waals surface area contributed by atoms with Crippen molar-refractivity contribution < 1.29 is 19.0 Å². The minimum atomic E-state index is -3.07. The summed E-state index contributed by atoms with van der Waals surface area (Å²) in [6.45, 7) is -1.23. The molecule has 2 unspecified atom stereocenters. The molecular formula is C5H13O4PS. The molecule has 0 rings (SSSR count). The monoisotopic (exact) mass is 200 g/mol. The van der Waals surface area contributed by atoms with Gasteiger partial charge in [0.15, 0.2) is 0 Å². The molecule has 2 N–H and O–H groups in total. The number of rotatable bonds is 5. The van der Waals surface area contributed by atoms with Crippen molar-refractivity contribution in [2.24, 2.45) is 0 Å². The smallest absolute Gasteiger partial charge is 0.324 e. The minimum Gasteiger partial charge on any atom is -0.391 e. The molecule has 6 heteroatoms. The zero-order valence-corrected chi connectivity index (χ0v) is 8.27. The van der Waals surface area contributed by atoms with Gasteiger partial charge in [0.2, 0.25) is 0 Å². The Morgan fingerprint density at radius 3 is 2.55 bits per heavy atom. The van der Waals surface area contributed by atoms with Gasteiger partial charge in [0.05, 0.1) is 12.7 Å². The van der Waals surface area contributed by atoms with Crippen LogP contribution in [0.2, 0.25) is 0 Å². The van der Waals surface area contributed by atoms with E-state index in [1.807, 2.05) is 6.92 Å². The highest BCUT2D eigenvalue weighted by Gasteiger charge is 2.13. The lowest BCUT2D eigenvalue weighted by molar-refractivity contribution is 0.0916. The second-order valence-electron chi connectivity index (χ2n) is 2.01. The molecule has 11 heavy (non-hydrogen) atoms. The highest BCUT2D eigenvalue weighted by Crippen LogP contribution is 2.42. The lowest BCUT2D eigenvalue weighted by Gasteiger charge is -2.14. The third kappa shape index (κ3) is 5.73. The van der Waals surface area contributed by atoms with Crippen LogP contribution in [0, 0.1) is 0 Å². The van der Waals surface area contributed by atoms with Crippen molar-refractivity contribution in [1.29, 1.82) is 0 Å². The van der Waals surface area contributed by atoms with Crippen LogP contribution in [-0.4, -0.2) is 29.8 Å². The van der Waals surface area contributed by atoms with Crippen molar-refractivity contribution in [3.8, 4) is 0 Å². The third-order valence-electron chi connectivity index (χ3n) is 1.13. The number of hydrogen-bond acceptors (Lipinski definition) is 4. The van der Waals surface area contributed by atoms with Crippen LogP contribution in [0.5, 0.6) is 0 Å². The molecule has 0 heterocycles. The fourth-order valence-corrected chi connectivity index (χ4v) is 0.999. The van der Waals surface area contributed by atoms with Crippen molar-refractivity contribution in [2.45, 2.75) is 19.4 Å². The van der Waals surface area contributed by atoms with Crippen LogP contribution in [-0.2, 0) is 20.9 Å². The fraction of sp³-hybridized carbons (Fsp3) is 1.00. The summed E-state index contributed by atoms with van der Waals surface area (Å²) in [4.78, 5) is 9.04. The predicted octanol–water partition coefficient (Wildman–Crippen LogP) is 0.637. The molecule has 0 saturated carbocycles. The molecule has 0 bridgehead atoms. The molecule has 0 aliphatic rings. The van der Waals surface area contributed by atoms with Gasteiger partial charge < -0.3 is 19.0 Å².